The van der Waals surface area contributed by atoms with Crippen LogP contribution in [0.1, 0.15) is 38.8 Å². The van der Waals surface area contributed by atoms with Gasteiger partial charge in [0.2, 0.25) is 11.8 Å². The molecule has 3 aromatic carbocycles. The van der Waals surface area contributed by atoms with Gasteiger partial charge in [0.1, 0.15) is 18.4 Å². The maximum atomic E-state index is 13.9. The van der Waals surface area contributed by atoms with Crippen molar-refractivity contribution in [3.8, 4) is 0 Å². The number of rotatable bonds is 9. The molecule has 39 heavy (non-hydrogen) atoms. The third kappa shape index (κ3) is 7.80. The molecule has 0 aliphatic rings. The minimum Gasteiger partial charge on any atom is -0.350 e. The molecule has 0 heterocycles. The molecule has 0 bridgehead atoms. The fourth-order valence-corrected chi connectivity index (χ4v) is 5.59. The lowest BCUT2D eigenvalue weighted by Gasteiger charge is -2.34. The van der Waals surface area contributed by atoms with Gasteiger partial charge in [-0.2, -0.15) is 0 Å². The number of anilines is 1. The molecule has 0 spiro atoms. The van der Waals surface area contributed by atoms with Crippen LogP contribution < -0.4 is 9.62 Å². The second-order valence-electron chi connectivity index (χ2n) is 10.3. The zero-order chi connectivity index (χ0) is 29.0. The van der Waals surface area contributed by atoms with Gasteiger partial charge >= 0.3 is 0 Å². The van der Waals surface area contributed by atoms with Crippen LogP contribution in [0.4, 0.5) is 10.1 Å². The molecule has 7 nitrogen and oxygen atoms in total. The Morgan fingerprint density at radius 2 is 1.62 bits per heavy atom. The second-order valence-corrected chi connectivity index (χ2v) is 12.6. The van der Waals surface area contributed by atoms with Crippen molar-refractivity contribution in [2.75, 3.05) is 10.8 Å². The molecule has 3 rings (SSSR count). The Morgan fingerprint density at radius 3 is 2.21 bits per heavy atom. The van der Waals surface area contributed by atoms with E-state index in [0.717, 1.165) is 4.31 Å². The van der Waals surface area contributed by atoms with Crippen molar-refractivity contribution < 1.29 is 22.4 Å². The first-order valence-corrected chi connectivity index (χ1v) is 14.2. The summed E-state index contributed by atoms with van der Waals surface area (Å²) in [7, 11) is -4.20. The normalized spacial score (nSPS) is 12.5. The first-order valence-electron chi connectivity index (χ1n) is 12.4. The maximum Gasteiger partial charge on any atom is 0.264 e. The number of amides is 2. The lowest BCUT2D eigenvalue weighted by atomic mass is 10.1. The Hall–Kier alpha value is -3.43. The summed E-state index contributed by atoms with van der Waals surface area (Å²) in [5, 5.41) is 3.17. The number of nitrogens with zero attached hydrogens (tertiary/aromatic N) is 2. The summed E-state index contributed by atoms with van der Waals surface area (Å²) in [6.45, 7) is 8.13. The number of sulfonamides is 1. The number of aryl methyl sites for hydroxylation is 1. The molecule has 1 atom stereocenters. The van der Waals surface area contributed by atoms with Crippen LogP contribution in [-0.2, 0) is 26.2 Å². The van der Waals surface area contributed by atoms with E-state index in [2.05, 4.69) is 5.32 Å². The summed E-state index contributed by atoms with van der Waals surface area (Å²) in [5.74, 6) is -1.46. The number of benzene rings is 3. The third-order valence-electron chi connectivity index (χ3n) is 5.98. The molecule has 1 unspecified atom stereocenters. The van der Waals surface area contributed by atoms with E-state index in [1.807, 2.05) is 20.8 Å². The van der Waals surface area contributed by atoms with Crippen molar-refractivity contribution >= 4 is 39.1 Å². The zero-order valence-corrected chi connectivity index (χ0v) is 24.2. The van der Waals surface area contributed by atoms with Gasteiger partial charge in [-0.3, -0.25) is 13.9 Å². The van der Waals surface area contributed by atoms with Crippen molar-refractivity contribution in [3.63, 3.8) is 0 Å². The predicted octanol–water partition coefficient (Wildman–Crippen LogP) is 5.31. The summed E-state index contributed by atoms with van der Waals surface area (Å²) in [6, 6.07) is 17.2. The van der Waals surface area contributed by atoms with Gasteiger partial charge in [-0.15, -0.1) is 0 Å². The summed E-state index contributed by atoms with van der Waals surface area (Å²) in [6.07, 6.45) is 0. The Labute approximate surface area is 234 Å². The molecule has 3 aromatic rings. The van der Waals surface area contributed by atoms with E-state index < -0.39 is 45.8 Å². The molecule has 0 fully saturated rings. The maximum absolute atomic E-state index is 13.9. The van der Waals surface area contributed by atoms with Crippen molar-refractivity contribution in [1.82, 2.24) is 10.2 Å². The lowest BCUT2D eigenvalue weighted by molar-refractivity contribution is -0.140. The van der Waals surface area contributed by atoms with Gasteiger partial charge in [-0.05, 0) is 82.1 Å². The van der Waals surface area contributed by atoms with Gasteiger partial charge in [-0.25, -0.2) is 12.8 Å². The molecule has 0 saturated heterocycles. The standard InChI is InChI=1S/C29H33ClFN3O4S/c1-20-11-14-23(30)17-26(20)34(39(37,38)25-9-7-6-8-10-25)19-27(35)33(18-22-12-15-24(31)16-13-22)21(2)28(36)32-29(3,4)5/h6-17,21H,18-19H2,1-5H3,(H,32,36). The summed E-state index contributed by atoms with van der Waals surface area (Å²) >= 11 is 6.23. The van der Waals surface area contributed by atoms with Gasteiger partial charge in [0, 0.05) is 17.1 Å². The highest BCUT2D eigenvalue weighted by molar-refractivity contribution is 7.92. The molecule has 0 aliphatic carbocycles. The molecule has 0 saturated carbocycles. The molecule has 208 valence electrons. The topological polar surface area (TPSA) is 86.8 Å². The Morgan fingerprint density at radius 1 is 1.00 bits per heavy atom. The first-order chi connectivity index (χ1) is 18.2. The number of carbonyl (C=O) groups excluding carboxylic acids is 2. The molecule has 0 radical (unpaired) electrons. The zero-order valence-electron chi connectivity index (χ0n) is 22.6. The SMILES string of the molecule is Cc1ccc(Cl)cc1N(CC(=O)N(Cc1ccc(F)cc1)C(C)C(=O)NC(C)(C)C)S(=O)(=O)c1ccccc1. The molecular weight excluding hydrogens is 541 g/mol. The van der Waals surface area contributed by atoms with Crippen molar-refractivity contribution in [2.45, 2.75) is 57.6 Å². The van der Waals surface area contributed by atoms with Crippen LogP contribution in [-0.4, -0.2) is 43.3 Å². The van der Waals surface area contributed by atoms with Crippen molar-refractivity contribution in [1.29, 1.82) is 0 Å². The number of hydrogen-bond acceptors (Lipinski definition) is 4. The van der Waals surface area contributed by atoms with Crippen molar-refractivity contribution in [2.24, 2.45) is 0 Å². The number of nitrogens with one attached hydrogen (secondary N) is 1. The van der Waals surface area contributed by atoms with E-state index in [-0.39, 0.29) is 17.1 Å². The number of hydrogen-bond donors (Lipinski definition) is 1. The number of halogens is 2. The van der Waals surface area contributed by atoms with Gasteiger partial charge in [0.15, 0.2) is 0 Å². The number of carbonyl (C=O) groups is 2. The fraction of sp³-hybridized carbons (Fsp3) is 0.310. The molecular formula is C29H33ClFN3O4S. The van der Waals surface area contributed by atoms with Crippen LogP contribution in [0.25, 0.3) is 0 Å². The van der Waals surface area contributed by atoms with E-state index >= 15 is 0 Å². The smallest absolute Gasteiger partial charge is 0.264 e. The quantitative estimate of drug-likeness (QED) is 0.376. The summed E-state index contributed by atoms with van der Waals surface area (Å²) in [4.78, 5) is 28.3. The summed E-state index contributed by atoms with van der Waals surface area (Å²) in [5.41, 5.74) is 0.858. The van der Waals surface area contributed by atoms with E-state index in [1.54, 1.807) is 44.2 Å². The molecule has 2 amide bonds. The van der Waals surface area contributed by atoms with Gasteiger partial charge in [0.25, 0.3) is 10.0 Å². The predicted molar refractivity (Wildman–Crippen MR) is 151 cm³/mol. The van der Waals surface area contributed by atoms with E-state index in [0.29, 0.717) is 16.1 Å². The average Bonchev–Trinajstić information content (AvgIpc) is 2.87. The van der Waals surface area contributed by atoms with Gasteiger partial charge < -0.3 is 10.2 Å². The summed E-state index contributed by atoms with van der Waals surface area (Å²) < 4.78 is 42.2. The highest BCUT2D eigenvalue weighted by Gasteiger charge is 2.34. The van der Waals surface area contributed by atoms with Crippen LogP contribution in [0.15, 0.2) is 77.7 Å². The van der Waals surface area contributed by atoms with E-state index in [9.17, 15) is 22.4 Å². The molecule has 1 N–H and O–H groups in total. The third-order valence-corrected chi connectivity index (χ3v) is 7.99. The van der Waals surface area contributed by atoms with E-state index in [4.69, 9.17) is 11.6 Å². The second kappa shape index (κ2) is 12.2. The monoisotopic (exact) mass is 573 g/mol. The van der Waals surface area contributed by atoms with Crippen LogP contribution >= 0.6 is 11.6 Å². The van der Waals surface area contributed by atoms with Crippen LogP contribution in [0.2, 0.25) is 5.02 Å². The van der Waals surface area contributed by atoms with Gasteiger partial charge in [0.05, 0.1) is 10.6 Å². The first kappa shape index (κ1) is 30.1. The van der Waals surface area contributed by atoms with Gasteiger partial charge in [-0.1, -0.05) is 48.0 Å². The minimum absolute atomic E-state index is 0.000726. The van der Waals surface area contributed by atoms with E-state index in [1.165, 1.54) is 47.4 Å². The average molecular weight is 574 g/mol. The van der Waals surface area contributed by atoms with Crippen LogP contribution in [0.3, 0.4) is 0 Å². The van der Waals surface area contributed by atoms with Crippen LogP contribution in [0.5, 0.6) is 0 Å². The Balaban J connectivity index is 2.06. The highest BCUT2D eigenvalue weighted by atomic mass is 35.5. The minimum atomic E-state index is -4.20. The fourth-order valence-electron chi connectivity index (χ4n) is 3.93. The Bertz CT molecular complexity index is 1430. The molecule has 0 aromatic heterocycles. The molecule has 10 heteroatoms. The largest absolute Gasteiger partial charge is 0.350 e. The Kier molecular flexibility index (Phi) is 9.40. The molecule has 0 aliphatic heterocycles. The van der Waals surface area contributed by atoms with Crippen LogP contribution in [0, 0.1) is 12.7 Å². The highest BCUT2D eigenvalue weighted by Crippen LogP contribution is 2.30. The lowest BCUT2D eigenvalue weighted by Crippen LogP contribution is -2.54. The van der Waals surface area contributed by atoms with Crippen molar-refractivity contribution in [3.05, 3.63) is 94.8 Å².